The number of fused-ring (bicyclic) bond motifs is 1. The highest BCUT2D eigenvalue weighted by atomic mass is 19.4. The minimum Gasteiger partial charge on any atom is -0.739 e. The number of carbonyl (C=O) groups is 2. The smallest absolute Gasteiger partial charge is 0.490 e. The molecule has 1 unspecified atom stereocenters. The van der Waals surface area contributed by atoms with Crippen LogP contribution < -0.4 is 20.0 Å². The van der Waals surface area contributed by atoms with E-state index in [0.29, 0.717) is 17.0 Å². The maximum absolute atomic E-state index is 11.9. The highest BCUT2D eigenvalue weighted by Crippen LogP contribution is 2.17. The van der Waals surface area contributed by atoms with Crippen LogP contribution in [0.4, 0.5) is 19.1 Å². The standard InChI is InChI=1S/C17H23N5O5.C2HF3O2/c1-12(23)27-14(10-20-7-3-2-4-8-20)11-26-13-5-6-15-16(9-13)22(25)19-17(18)21(15)24;3-2(4,5)1(6)7/h5-6,9,14H,2-4,7-8,10-11H2,1H3,(H2,18,19);(H,6,7). The number of likely N-dealkylation sites (tertiary alicyclic amines) is 1. The van der Waals surface area contributed by atoms with E-state index in [9.17, 15) is 28.4 Å². The normalized spacial score (nSPS) is 15.2. The van der Waals surface area contributed by atoms with Gasteiger partial charge in [-0.2, -0.15) is 13.2 Å². The molecule has 0 bridgehead atoms. The number of nitrogens with zero attached hydrogens (tertiary/aromatic N) is 4. The minimum atomic E-state index is -5.08. The van der Waals surface area contributed by atoms with Crippen LogP contribution in [0.1, 0.15) is 26.2 Å². The van der Waals surface area contributed by atoms with Crippen LogP contribution in [-0.2, 0) is 14.3 Å². The summed E-state index contributed by atoms with van der Waals surface area (Å²) in [5, 5.41) is 34.3. The zero-order valence-corrected chi connectivity index (χ0v) is 18.2. The first-order valence-corrected chi connectivity index (χ1v) is 10.1. The van der Waals surface area contributed by atoms with Gasteiger partial charge in [0, 0.05) is 18.3 Å². The first-order valence-electron chi connectivity index (χ1n) is 10.1. The molecule has 188 valence electrons. The molecule has 0 spiro atoms. The zero-order chi connectivity index (χ0) is 25.5. The van der Waals surface area contributed by atoms with Gasteiger partial charge in [-0.1, -0.05) is 6.42 Å². The molecule has 1 aliphatic rings. The first-order chi connectivity index (χ1) is 15.9. The van der Waals surface area contributed by atoms with Gasteiger partial charge in [0.2, 0.25) is 5.10 Å². The molecular weight excluding hydrogens is 467 g/mol. The number of aliphatic carboxylic acids is 1. The number of nitrogens with two attached hydrogens (primary N) is 1. The Morgan fingerprint density at radius 1 is 1.24 bits per heavy atom. The molecule has 2 heterocycles. The van der Waals surface area contributed by atoms with Crippen molar-refractivity contribution in [3.63, 3.8) is 0 Å². The molecule has 3 rings (SSSR count). The van der Waals surface area contributed by atoms with Gasteiger partial charge in [-0.05, 0) is 38.1 Å². The predicted octanol–water partition coefficient (Wildman–Crippen LogP) is 0.514. The summed E-state index contributed by atoms with van der Waals surface area (Å²) >= 11 is 0. The van der Waals surface area contributed by atoms with Gasteiger partial charge in [0.05, 0.1) is 6.07 Å². The molecular formula is C19H24F3N5O7. The Hall–Kier alpha value is -3.62. The Morgan fingerprint density at radius 3 is 2.41 bits per heavy atom. The van der Waals surface area contributed by atoms with Gasteiger partial charge in [0.25, 0.3) is 0 Å². The van der Waals surface area contributed by atoms with Crippen molar-refractivity contribution in [1.29, 1.82) is 0 Å². The molecule has 3 N–H and O–H groups in total. The van der Waals surface area contributed by atoms with Crippen LogP contribution >= 0.6 is 0 Å². The van der Waals surface area contributed by atoms with E-state index in [0.717, 1.165) is 25.9 Å². The number of rotatable bonds is 6. The van der Waals surface area contributed by atoms with Crippen molar-refractivity contribution >= 4 is 28.9 Å². The number of piperidine rings is 1. The summed E-state index contributed by atoms with van der Waals surface area (Å²) in [5.41, 5.74) is 5.52. The van der Waals surface area contributed by atoms with Crippen LogP contribution in [0.2, 0.25) is 0 Å². The average Bonchev–Trinajstić information content (AvgIpc) is 2.76. The molecule has 0 amide bonds. The lowest BCUT2D eigenvalue weighted by Gasteiger charge is -2.30. The molecule has 0 radical (unpaired) electrons. The van der Waals surface area contributed by atoms with Gasteiger partial charge in [-0.25, -0.2) is 9.52 Å². The summed E-state index contributed by atoms with van der Waals surface area (Å²) in [7, 11) is 0. The lowest BCUT2D eigenvalue weighted by Crippen LogP contribution is -2.44. The fraction of sp³-hybridized carbons (Fsp3) is 0.526. The molecule has 1 saturated heterocycles. The fourth-order valence-corrected chi connectivity index (χ4v) is 3.21. The van der Waals surface area contributed by atoms with E-state index in [1.807, 2.05) is 0 Å². The van der Waals surface area contributed by atoms with Gasteiger partial charge >= 0.3 is 29.6 Å². The van der Waals surface area contributed by atoms with Gasteiger partial charge < -0.3 is 25.0 Å². The van der Waals surface area contributed by atoms with Crippen molar-refractivity contribution < 1.29 is 46.9 Å². The number of esters is 1. The number of hydrogen-bond donors (Lipinski definition) is 2. The van der Waals surface area contributed by atoms with Gasteiger partial charge in [0.1, 0.15) is 18.5 Å². The molecule has 1 atom stereocenters. The number of carboxylic acid groups (broad SMARTS) is 1. The topological polar surface area (TPSA) is 169 Å². The van der Waals surface area contributed by atoms with Crippen molar-refractivity contribution in [2.24, 2.45) is 0 Å². The van der Waals surface area contributed by atoms with E-state index >= 15 is 0 Å². The summed E-state index contributed by atoms with van der Waals surface area (Å²) in [6.45, 7) is 4.04. The number of carboxylic acids is 1. The zero-order valence-electron chi connectivity index (χ0n) is 18.2. The highest BCUT2D eigenvalue weighted by molar-refractivity contribution is 5.73. The fourth-order valence-electron chi connectivity index (χ4n) is 3.21. The van der Waals surface area contributed by atoms with Crippen LogP contribution in [0, 0.1) is 10.4 Å². The number of anilines is 1. The van der Waals surface area contributed by atoms with Crippen molar-refractivity contribution in [3.05, 3.63) is 28.6 Å². The Bertz CT molecular complexity index is 1020. The molecule has 2 aromatic rings. The molecule has 15 heteroatoms. The molecule has 34 heavy (non-hydrogen) atoms. The van der Waals surface area contributed by atoms with Crippen LogP contribution in [-0.4, -0.2) is 65.6 Å². The number of carbonyl (C=O) groups excluding carboxylic acids is 1. The molecule has 0 aliphatic carbocycles. The largest absolute Gasteiger partial charge is 0.739 e. The monoisotopic (exact) mass is 491 g/mol. The number of benzene rings is 1. The molecule has 1 aromatic carbocycles. The third kappa shape index (κ3) is 7.75. The van der Waals surface area contributed by atoms with E-state index in [1.165, 1.54) is 25.5 Å². The van der Waals surface area contributed by atoms with Gasteiger partial charge in [-0.3, -0.25) is 15.4 Å². The van der Waals surface area contributed by atoms with E-state index in [-0.39, 0.29) is 28.5 Å². The predicted molar refractivity (Wildman–Crippen MR) is 109 cm³/mol. The second kappa shape index (κ2) is 11.5. The number of aromatic nitrogens is 3. The molecule has 1 fully saturated rings. The van der Waals surface area contributed by atoms with Crippen LogP contribution in [0.25, 0.3) is 11.0 Å². The van der Waals surface area contributed by atoms with E-state index in [2.05, 4.69) is 10.00 Å². The maximum Gasteiger partial charge on any atom is 0.490 e. The van der Waals surface area contributed by atoms with Gasteiger partial charge in [-0.15, -0.1) is 0 Å². The average molecular weight is 491 g/mol. The number of alkyl halides is 3. The number of halogens is 3. The molecule has 1 aliphatic heterocycles. The first kappa shape index (κ1) is 26.6. The Morgan fingerprint density at radius 2 is 1.85 bits per heavy atom. The van der Waals surface area contributed by atoms with Crippen molar-refractivity contribution in [3.8, 4) is 5.75 Å². The molecule has 0 saturated carbocycles. The number of hydrogen-bond acceptors (Lipinski definition) is 9. The highest BCUT2D eigenvalue weighted by Gasteiger charge is 2.38. The third-order valence-electron chi connectivity index (χ3n) is 4.69. The second-order valence-electron chi connectivity index (χ2n) is 7.38. The van der Waals surface area contributed by atoms with E-state index < -0.39 is 24.2 Å². The number of ether oxygens (including phenoxy) is 2. The summed E-state index contributed by atoms with van der Waals surface area (Å²) in [6.07, 6.45) is -2.03. The Kier molecular flexibility index (Phi) is 9.00. The summed E-state index contributed by atoms with van der Waals surface area (Å²) in [4.78, 5) is 22.8. The lowest BCUT2D eigenvalue weighted by atomic mass is 10.1. The van der Waals surface area contributed by atoms with Crippen molar-refractivity contribution in [2.75, 3.05) is 32.0 Å². The molecule has 12 nitrogen and oxygen atoms in total. The Labute approximate surface area is 191 Å². The summed E-state index contributed by atoms with van der Waals surface area (Å²) < 4.78 is 43.2. The summed E-state index contributed by atoms with van der Waals surface area (Å²) in [6, 6.07) is 4.41. The molecule has 1 aromatic heterocycles. The van der Waals surface area contributed by atoms with Crippen LogP contribution in [0.5, 0.6) is 5.75 Å². The quantitative estimate of drug-likeness (QED) is 0.330. The van der Waals surface area contributed by atoms with Gasteiger partial charge in [0.15, 0.2) is 5.52 Å². The van der Waals surface area contributed by atoms with Crippen molar-refractivity contribution in [1.82, 2.24) is 10.00 Å². The third-order valence-corrected chi connectivity index (χ3v) is 4.69. The van der Waals surface area contributed by atoms with Crippen molar-refractivity contribution in [2.45, 2.75) is 38.5 Å². The van der Waals surface area contributed by atoms with Crippen LogP contribution in [0.15, 0.2) is 18.2 Å². The van der Waals surface area contributed by atoms with Crippen LogP contribution in [0.3, 0.4) is 0 Å². The number of nitrogen functional groups attached to an aromatic ring is 1. The van der Waals surface area contributed by atoms with E-state index in [1.54, 1.807) is 6.07 Å². The summed E-state index contributed by atoms with van der Waals surface area (Å²) in [5.74, 6) is -3.19. The Balaban J connectivity index is 0.000000509. The lowest BCUT2D eigenvalue weighted by molar-refractivity contribution is -0.672. The minimum absolute atomic E-state index is 0.0387. The SMILES string of the molecule is CC(=O)OC(COc1ccc2c(c1)[n+]([O-])nc(N)[n+]2[O-])CN1CCCCC1.O=C(O)C(F)(F)F. The second-order valence-corrected chi connectivity index (χ2v) is 7.38. The van der Waals surface area contributed by atoms with E-state index in [4.69, 9.17) is 25.1 Å². The maximum atomic E-state index is 11.9.